The monoisotopic (exact) mass is 458 g/mol. The number of esters is 1. The van der Waals surface area contributed by atoms with Crippen LogP contribution >= 0.6 is 23.1 Å². The maximum absolute atomic E-state index is 13.5. The molecule has 0 aliphatic carbocycles. The van der Waals surface area contributed by atoms with Gasteiger partial charge in [0.25, 0.3) is 5.56 Å². The quantitative estimate of drug-likeness (QED) is 0.290. The molecule has 2 aromatic heterocycles. The minimum atomic E-state index is -0.401. The van der Waals surface area contributed by atoms with Crippen LogP contribution in [0, 0.1) is 13.8 Å². The van der Waals surface area contributed by atoms with E-state index < -0.39 is 5.97 Å². The van der Waals surface area contributed by atoms with Crippen molar-refractivity contribution in [1.82, 2.24) is 9.55 Å². The zero-order valence-electron chi connectivity index (χ0n) is 18.0. The van der Waals surface area contributed by atoms with Crippen molar-refractivity contribution in [2.45, 2.75) is 57.2 Å². The van der Waals surface area contributed by atoms with Crippen LogP contribution in [-0.2, 0) is 21.8 Å². The van der Waals surface area contributed by atoms with Gasteiger partial charge < -0.3 is 9.47 Å². The Bertz CT molecular complexity index is 1160. The molecule has 1 aliphatic rings. The number of aryl methyl sites for hydroxylation is 2. The molecule has 0 saturated carbocycles. The summed E-state index contributed by atoms with van der Waals surface area (Å²) in [5.41, 5.74) is 2.95. The Balaban J connectivity index is 1.77. The minimum Gasteiger partial charge on any atom is -0.462 e. The van der Waals surface area contributed by atoms with E-state index in [1.54, 1.807) is 30.2 Å². The topological polar surface area (TPSA) is 70.4 Å². The maximum Gasteiger partial charge on any atom is 0.348 e. The second-order valence-corrected chi connectivity index (χ2v) is 9.56. The molecule has 1 fully saturated rings. The number of thiophene rings is 1. The van der Waals surface area contributed by atoms with Crippen LogP contribution in [0.15, 0.2) is 34.2 Å². The number of hydrogen-bond acceptors (Lipinski definition) is 7. The van der Waals surface area contributed by atoms with Gasteiger partial charge in [0.2, 0.25) is 0 Å². The zero-order chi connectivity index (χ0) is 22.0. The Hall–Kier alpha value is -2.16. The highest BCUT2D eigenvalue weighted by atomic mass is 32.2. The first-order chi connectivity index (χ1) is 15.0. The van der Waals surface area contributed by atoms with Crippen LogP contribution in [0.3, 0.4) is 0 Å². The third kappa shape index (κ3) is 4.56. The Morgan fingerprint density at radius 1 is 1.35 bits per heavy atom. The average Bonchev–Trinajstić information content (AvgIpc) is 3.38. The molecule has 0 N–H and O–H groups in total. The molecule has 0 spiro atoms. The van der Waals surface area contributed by atoms with Crippen molar-refractivity contribution >= 4 is 39.3 Å². The fourth-order valence-corrected chi connectivity index (χ4v) is 5.97. The van der Waals surface area contributed by atoms with Gasteiger partial charge in [0.15, 0.2) is 5.16 Å². The Kier molecular flexibility index (Phi) is 6.79. The number of hydrogen-bond donors (Lipinski definition) is 0. The molecule has 4 rings (SSSR count). The molecule has 3 aromatic rings. The maximum atomic E-state index is 13.5. The number of carbonyl (C=O) groups is 1. The Labute approximate surface area is 189 Å². The van der Waals surface area contributed by atoms with Crippen LogP contribution in [0.2, 0.25) is 0 Å². The molecular formula is C23H26N2O4S2. The van der Waals surface area contributed by atoms with Crippen LogP contribution < -0.4 is 5.56 Å². The molecule has 8 heteroatoms. The van der Waals surface area contributed by atoms with E-state index in [-0.39, 0.29) is 11.7 Å². The summed E-state index contributed by atoms with van der Waals surface area (Å²) in [6, 6.07) is 8.22. The van der Waals surface area contributed by atoms with Crippen molar-refractivity contribution in [1.29, 1.82) is 0 Å². The molecule has 31 heavy (non-hydrogen) atoms. The summed E-state index contributed by atoms with van der Waals surface area (Å²) in [6.07, 6.45) is 1.95. The Morgan fingerprint density at radius 2 is 2.16 bits per heavy atom. The molecule has 1 saturated heterocycles. The number of aromatic nitrogens is 2. The van der Waals surface area contributed by atoms with Crippen LogP contribution in [0.4, 0.5) is 0 Å². The number of carbonyl (C=O) groups excluding carboxylic acids is 1. The number of nitrogens with zero attached hydrogens (tertiary/aromatic N) is 2. The second kappa shape index (κ2) is 9.54. The average molecular weight is 459 g/mol. The third-order valence-corrected chi connectivity index (χ3v) is 7.70. The summed E-state index contributed by atoms with van der Waals surface area (Å²) in [4.78, 5) is 31.8. The van der Waals surface area contributed by atoms with E-state index in [0.29, 0.717) is 44.7 Å². The molecule has 1 unspecified atom stereocenters. The van der Waals surface area contributed by atoms with Crippen LogP contribution in [0.5, 0.6) is 0 Å². The van der Waals surface area contributed by atoms with Gasteiger partial charge in [-0.1, -0.05) is 36.0 Å². The second-order valence-electron chi connectivity index (χ2n) is 7.62. The van der Waals surface area contributed by atoms with Gasteiger partial charge in [0, 0.05) is 12.4 Å². The van der Waals surface area contributed by atoms with Gasteiger partial charge in [-0.25, -0.2) is 9.78 Å². The first kappa shape index (κ1) is 22.0. The fraction of sp³-hybridized carbons (Fsp3) is 0.435. The third-order valence-electron chi connectivity index (χ3n) is 5.50. The molecule has 3 heterocycles. The first-order valence-corrected chi connectivity index (χ1v) is 12.3. The predicted molar refractivity (Wildman–Crippen MR) is 124 cm³/mol. The molecule has 0 radical (unpaired) electrons. The molecule has 1 aliphatic heterocycles. The van der Waals surface area contributed by atoms with Crippen molar-refractivity contribution in [3.8, 4) is 0 Å². The van der Waals surface area contributed by atoms with Gasteiger partial charge in [-0.2, -0.15) is 0 Å². The van der Waals surface area contributed by atoms with E-state index in [4.69, 9.17) is 14.5 Å². The summed E-state index contributed by atoms with van der Waals surface area (Å²) >= 11 is 2.78. The largest absolute Gasteiger partial charge is 0.462 e. The van der Waals surface area contributed by atoms with E-state index in [0.717, 1.165) is 19.4 Å². The number of ether oxygens (including phenoxy) is 2. The lowest BCUT2D eigenvalue weighted by Crippen LogP contribution is -2.28. The van der Waals surface area contributed by atoms with Crippen LogP contribution in [0.1, 0.15) is 46.1 Å². The summed E-state index contributed by atoms with van der Waals surface area (Å²) in [7, 11) is 0. The highest BCUT2D eigenvalue weighted by Crippen LogP contribution is 2.31. The molecule has 164 valence electrons. The number of benzene rings is 1. The highest BCUT2D eigenvalue weighted by molar-refractivity contribution is 7.98. The standard InChI is InChI=1S/C23H26N2O4S2/c1-4-28-22(27)19-15(3)18-20(31-19)24-23(30-13-16-9-6-5-8-14(16)2)25(21(18)26)12-17-10-7-11-29-17/h5-6,8-9,17H,4,7,10-13H2,1-3H3. The van der Waals surface area contributed by atoms with E-state index in [9.17, 15) is 9.59 Å². The highest BCUT2D eigenvalue weighted by Gasteiger charge is 2.25. The SMILES string of the molecule is CCOC(=O)c1sc2nc(SCc3ccccc3C)n(CC3CCCO3)c(=O)c2c1C. The lowest BCUT2D eigenvalue weighted by molar-refractivity contribution is 0.0531. The molecular weight excluding hydrogens is 432 g/mol. The van der Waals surface area contributed by atoms with Crippen LogP contribution in [0.25, 0.3) is 10.2 Å². The molecule has 0 amide bonds. The van der Waals surface area contributed by atoms with Gasteiger partial charge in [-0.3, -0.25) is 9.36 Å². The fourth-order valence-electron chi connectivity index (χ4n) is 3.77. The summed E-state index contributed by atoms with van der Waals surface area (Å²) in [6.45, 7) is 7.15. The Morgan fingerprint density at radius 3 is 2.87 bits per heavy atom. The first-order valence-electron chi connectivity index (χ1n) is 10.5. The van der Waals surface area contributed by atoms with Gasteiger partial charge in [-0.05, 0) is 50.3 Å². The number of rotatable bonds is 7. The van der Waals surface area contributed by atoms with Crippen molar-refractivity contribution < 1.29 is 14.3 Å². The van der Waals surface area contributed by atoms with Gasteiger partial charge in [-0.15, -0.1) is 11.3 Å². The smallest absolute Gasteiger partial charge is 0.348 e. The molecule has 1 aromatic carbocycles. The summed E-state index contributed by atoms with van der Waals surface area (Å²) in [5.74, 6) is 0.313. The number of thioether (sulfide) groups is 1. The molecule has 1 atom stereocenters. The van der Waals surface area contributed by atoms with E-state index in [1.165, 1.54) is 22.5 Å². The van der Waals surface area contributed by atoms with Crippen LogP contribution in [-0.4, -0.2) is 34.8 Å². The molecule has 0 bridgehead atoms. The predicted octanol–water partition coefficient (Wildman–Crippen LogP) is 4.72. The van der Waals surface area contributed by atoms with Gasteiger partial charge in [0.05, 0.1) is 24.6 Å². The van der Waals surface area contributed by atoms with E-state index >= 15 is 0 Å². The van der Waals surface area contributed by atoms with E-state index in [2.05, 4.69) is 19.1 Å². The van der Waals surface area contributed by atoms with Gasteiger partial charge >= 0.3 is 5.97 Å². The summed E-state index contributed by atoms with van der Waals surface area (Å²) < 4.78 is 12.7. The van der Waals surface area contributed by atoms with E-state index in [1.807, 2.05) is 12.1 Å². The van der Waals surface area contributed by atoms with Crippen molar-refractivity contribution in [3.05, 3.63) is 56.2 Å². The normalized spacial score (nSPS) is 16.2. The van der Waals surface area contributed by atoms with Crippen molar-refractivity contribution in [2.75, 3.05) is 13.2 Å². The minimum absolute atomic E-state index is 0.0123. The van der Waals surface area contributed by atoms with Crippen molar-refractivity contribution in [3.63, 3.8) is 0 Å². The van der Waals surface area contributed by atoms with Gasteiger partial charge in [0.1, 0.15) is 9.71 Å². The number of fused-ring (bicyclic) bond motifs is 1. The van der Waals surface area contributed by atoms with Crippen molar-refractivity contribution in [2.24, 2.45) is 0 Å². The summed E-state index contributed by atoms with van der Waals surface area (Å²) in [5, 5.41) is 1.17. The molecule has 6 nitrogen and oxygen atoms in total. The lowest BCUT2D eigenvalue weighted by atomic mass is 10.1. The zero-order valence-corrected chi connectivity index (χ0v) is 19.6. The lowest BCUT2D eigenvalue weighted by Gasteiger charge is -2.16.